The topological polar surface area (TPSA) is 38.7 Å². The quantitative estimate of drug-likeness (QED) is 0.773. The van der Waals surface area contributed by atoms with Gasteiger partial charge < -0.3 is 4.74 Å². The summed E-state index contributed by atoms with van der Waals surface area (Å²) < 4.78 is 40.7. The third kappa shape index (κ3) is 2.23. The van der Waals surface area contributed by atoms with Gasteiger partial charge in [0.15, 0.2) is 5.78 Å². The Morgan fingerprint density at radius 2 is 2.00 bits per heavy atom. The number of carbonyl (C=O) groups is 1. The maximum absolute atomic E-state index is 12.3. The number of halogens is 3. The maximum atomic E-state index is 12.3. The Morgan fingerprint density at radius 3 is 2.61 bits per heavy atom. The van der Waals surface area contributed by atoms with E-state index >= 15 is 0 Å². The minimum absolute atomic E-state index is 0.0951. The highest BCUT2D eigenvalue weighted by atomic mass is 19.4. The van der Waals surface area contributed by atoms with Gasteiger partial charge in [-0.05, 0) is 18.6 Å². The van der Waals surface area contributed by atoms with Crippen molar-refractivity contribution in [3.05, 3.63) is 23.3 Å². The smallest absolute Gasteiger partial charge is 0.405 e. The van der Waals surface area contributed by atoms with E-state index in [9.17, 15) is 18.0 Å². The minimum atomic E-state index is -4.83. The van der Waals surface area contributed by atoms with E-state index in [4.69, 9.17) is 0 Å². The first-order valence-corrected chi connectivity index (χ1v) is 5.27. The molecule has 1 aromatic rings. The van der Waals surface area contributed by atoms with Crippen molar-refractivity contribution in [3.8, 4) is 5.75 Å². The SMILES string of the molecule is Cc1ccc(OC(F)(F)F)c2c1N=CC(C)C2=O. The number of alkyl halides is 3. The van der Waals surface area contributed by atoms with Gasteiger partial charge in [-0.15, -0.1) is 13.2 Å². The molecule has 0 saturated carbocycles. The molecule has 0 bridgehead atoms. The van der Waals surface area contributed by atoms with Crippen LogP contribution in [0.2, 0.25) is 0 Å². The molecule has 0 radical (unpaired) electrons. The van der Waals surface area contributed by atoms with Crippen LogP contribution >= 0.6 is 0 Å². The summed E-state index contributed by atoms with van der Waals surface area (Å²) in [7, 11) is 0. The van der Waals surface area contributed by atoms with E-state index in [1.54, 1.807) is 13.8 Å². The van der Waals surface area contributed by atoms with Crippen LogP contribution in [0.5, 0.6) is 5.75 Å². The molecule has 0 aromatic heterocycles. The molecular weight excluding hydrogens is 247 g/mol. The summed E-state index contributed by atoms with van der Waals surface area (Å²) in [5.41, 5.74) is 0.790. The fourth-order valence-electron chi connectivity index (χ4n) is 1.77. The number of carbonyl (C=O) groups excluding carboxylic acids is 1. The summed E-state index contributed by atoms with van der Waals surface area (Å²) in [6.45, 7) is 3.26. The van der Waals surface area contributed by atoms with Crippen LogP contribution in [0.1, 0.15) is 22.8 Å². The Balaban J connectivity index is 2.58. The summed E-state index contributed by atoms with van der Waals surface area (Å²) >= 11 is 0. The molecule has 1 aromatic carbocycles. The predicted octanol–water partition coefficient (Wildman–Crippen LogP) is 3.43. The van der Waals surface area contributed by atoms with Crippen LogP contribution in [-0.2, 0) is 0 Å². The zero-order chi connectivity index (χ0) is 13.5. The molecule has 0 saturated heterocycles. The van der Waals surface area contributed by atoms with Gasteiger partial charge in [0.25, 0.3) is 0 Å². The molecule has 0 amide bonds. The normalized spacial score (nSPS) is 18.7. The molecule has 1 aliphatic rings. The average Bonchev–Trinajstić information content (AvgIpc) is 2.25. The monoisotopic (exact) mass is 257 g/mol. The fraction of sp³-hybridized carbons (Fsp3) is 0.333. The van der Waals surface area contributed by atoms with Crippen LogP contribution < -0.4 is 4.74 Å². The number of rotatable bonds is 1. The molecule has 1 heterocycles. The molecule has 1 aliphatic heterocycles. The second-order valence-corrected chi connectivity index (χ2v) is 4.08. The highest BCUT2D eigenvalue weighted by Gasteiger charge is 2.35. The zero-order valence-corrected chi connectivity index (χ0v) is 9.71. The van der Waals surface area contributed by atoms with Crippen LogP contribution in [0.25, 0.3) is 0 Å². The van der Waals surface area contributed by atoms with Crippen LogP contribution in [0.3, 0.4) is 0 Å². The Morgan fingerprint density at radius 1 is 1.33 bits per heavy atom. The number of Topliss-reactive ketones (excluding diaryl/α,β-unsaturated/α-hetero) is 1. The van der Waals surface area contributed by atoms with E-state index in [0.717, 1.165) is 6.07 Å². The number of nitrogens with zero attached hydrogens (tertiary/aromatic N) is 1. The number of fused-ring (bicyclic) bond motifs is 1. The number of hydrogen-bond donors (Lipinski definition) is 0. The first kappa shape index (κ1) is 12.6. The molecular formula is C12H10F3NO2. The Hall–Kier alpha value is -1.85. The lowest BCUT2D eigenvalue weighted by Crippen LogP contribution is -2.22. The Bertz CT molecular complexity index is 535. The third-order valence-corrected chi connectivity index (χ3v) is 2.65. The molecule has 0 fully saturated rings. The molecule has 3 nitrogen and oxygen atoms in total. The van der Waals surface area contributed by atoms with Crippen molar-refractivity contribution in [1.82, 2.24) is 0 Å². The first-order valence-electron chi connectivity index (χ1n) is 5.27. The number of aliphatic imine (C=N–C) groups is 1. The van der Waals surface area contributed by atoms with Crippen molar-refractivity contribution in [3.63, 3.8) is 0 Å². The second kappa shape index (κ2) is 4.12. The van der Waals surface area contributed by atoms with E-state index in [-0.39, 0.29) is 11.3 Å². The second-order valence-electron chi connectivity index (χ2n) is 4.08. The number of ether oxygens (including phenoxy) is 1. The van der Waals surface area contributed by atoms with Crippen molar-refractivity contribution >= 4 is 17.7 Å². The maximum Gasteiger partial charge on any atom is 0.573 e. The van der Waals surface area contributed by atoms with Crippen molar-refractivity contribution in [2.24, 2.45) is 10.9 Å². The van der Waals surface area contributed by atoms with Crippen LogP contribution in [0.15, 0.2) is 17.1 Å². The summed E-state index contributed by atoms with van der Waals surface area (Å²) in [6.07, 6.45) is -3.40. The third-order valence-electron chi connectivity index (χ3n) is 2.65. The highest BCUT2D eigenvalue weighted by molar-refractivity contribution is 6.14. The van der Waals surface area contributed by atoms with E-state index in [1.165, 1.54) is 12.3 Å². The van der Waals surface area contributed by atoms with Gasteiger partial charge in [0.05, 0.1) is 17.2 Å². The number of ketones is 1. The molecule has 18 heavy (non-hydrogen) atoms. The Kier molecular flexibility index (Phi) is 2.88. The van der Waals surface area contributed by atoms with Gasteiger partial charge in [0.1, 0.15) is 5.75 Å². The number of benzene rings is 1. The van der Waals surface area contributed by atoms with Crippen molar-refractivity contribution in [2.75, 3.05) is 0 Å². The van der Waals surface area contributed by atoms with Crippen molar-refractivity contribution in [2.45, 2.75) is 20.2 Å². The number of hydrogen-bond acceptors (Lipinski definition) is 3. The summed E-state index contributed by atoms with van der Waals surface area (Å²) in [6, 6.07) is 2.59. The van der Waals surface area contributed by atoms with Crippen LogP contribution in [0, 0.1) is 12.8 Å². The van der Waals surface area contributed by atoms with E-state index in [1.807, 2.05) is 0 Å². The van der Waals surface area contributed by atoms with Crippen molar-refractivity contribution in [1.29, 1.82) is 0 Å². The Labute approximate surface area is 101 Å². The van der Waals surface area contributed by atoms with Gasteiger partial charge >= 0.3 is 6.36 Å². The van der Waals surface area contributed by atoms with E-state index in [0.29, 0.717) is 5.56 Å². The molecule has 6 heteroatoms. The van der Waals surface area contributed by atoms with Gasteiger partial charge in [-0.25, -0.2) is 0 Å². The standard InChI is InChI=1S/C12H10F3NO2/c1-6-3-4-8(18-12(13,14)15)9-10(6)16-5-7(2)11(9)17/h3-5,7H,1-2H3. The van der Waals surface area contributed by atoms with Crippen molar-refractivity contribution < 1.29 is 22.7 Å². The lowest BCUT2D eigenvalue weighted by molar-refractivity contribution is -0.274. The minimum Gasteiger partial charge on any atom is -0.405 e. The van der Waals surface area contributed by atoms with Crippen LogP contribution in [-0.4, -0.2) is 18.4 Å². The molecule has 0 N–H and O–H groups in total. The summed E-state index contributed by atoms with van der Waals surface area (Å²) in [5.74, 6) is -1.45. The average molecular weight is 257 g/mol. The lowest BCUT2D eigenvalue weighted by atomic mass is 9.93. The molecule has 96 valence electrons. The highest BCUT2D eigenvalue weighted by Crippen LogP contribution is 2.38. The summed E-state index contributed by atoms with van der Waals surface area (Å²) in [4.78, 5) is 16.0. The zero-order valence-electron chi connectivity index (χ0n) is 9.71. The fourth-order valence-corrected chi connectivity index (χ4v) is 1.77. The molecule has 1 unspecified atom stereocenters. The van der Waals surface area contributed by atoms with E-state index < -0.39 is 23.8 Å². The lowest BCUT2D eigenvalue weighted by Gasteiger charge is -2.20. The van der Waals surface area contributed by atoms with Gasteiger partial charge in [-0.1, -0.05) is 13.0 Å². The van der Waals surface area contributed by atoms with Crippen LogP contribution in [0.4, 0.5) is 18.9 Å². The van der Waals surface area contributed by atoms with Gasteiger partial charge in [0, 0.05) is 6.21 Å². The molecule has 0 spiro atoms. The predicted molar refractivity (Wildman–Crippen MR) is 59.5 cm³/mol. The first-order chi connectivity index (χ1) is 8.29. The van der Waals surface area contributed by atoms with Gasteiger partial charge in [-0.3, -0.25) is 9.79 Å². The molecule has 1 atom stereocenters. The number of aryl methyl sites for hydroxylation is 1. The van der Waals surface area contributed by atoms with E-state index in [2.05, 4.69) is 9.73 Å². The largest absolute Gasteiger partial charge is 0.573 e. The van der Waals surface area contributed by atoms with Gasteiger partial charge in [-0.2, -0.15) is 0 Å². The molecule has 0 aliphatic carbocycles. The summed E-state index contributed by atoms with van der Waals surface area (Å²) in [5, 5.41) is 0. The molecule has 2 rings (SSSR count). The van der Waals surface area contributed by atoms with Gasteiger partial charge in [0.2, 0.25) is 0 Å².